The number of para-hydroxylation sites is 2. The highest BCUT2D eigenvalue weighted by Crippen LogP contribution is 2.59. The molecule has 0 radical (unpaired) electrons. The lowest BCUT2D eigenvalue weighted by Gasteiger charge is -2.16. The smallest absolute Gasteiger partial charge is 0.150 e. The third kappa shape index (κ3) is 7.16. The minimum atomic E-state index is 0.0910. The number of nitriles is 2. The number of rotatable bonds is 12. The van der Waals surface area contributed by atoms with E-state index in [0.29, 0.717) is 43.5 Å². The zero-order valence-corrected chi connectivity index (χ0v) is 22.1. The van der Waals surface area contributed by atoms with Crippen LogP contribution in [-0.4, -0.2) is 26.4 Å². The number of benzene rings is 3. The van der Waals surface area contributed by atoms with Crippen LogP contribution < -0.4 is 18.9 Å². The van der Waals surface area contributed by atoms with Crippen LogP contribution in [0.25, 0.3) is 0 Å². The lowest BCUT2D eigenvalue weighted by Crippen LogP contribution is -2.08. The molecule has 4 rings (SSSR count). The van der Waals surface area contributed by atoms with Crippen molar-refractivity contribution in [2.24, 2.45) is 0 Å². The van der Waals surface area contributed by atoms with Gasteiger partial charge in [-0.25, -0.2) is 0 Å². The fourth-order valence-corrected chi connectivity index (χ4v) is 6.09. The maximum Gasteiger partial charge on any atom is 0.150 e. The van der Waals surface area contributed by atoms with Gasteiger partial charge in [0.05, 0.1) is 40.5 Å². The van der Waals surface area contributed by atoms with E-state index in [2.05, 4.69) is 0 Å². The van der Waals surface area contributed by atoms with Crippen LogP contribution in [0.1, 0.15) is 18.4 Å². The topological polar surface area (TPSA) is 84.5 Å². The summed E-state index contributed by atoms with van der Waals surface area (Å²) >= 11 is 2.77. The molecule has 37 heavy (non-hydrogen) atoms. The zero-order valence-electron chi connectivity index (χ0n) is 20.4. The quantitative estimate of drug-likeness (QED) is 0.180. The van der Waals surface area contributed by atoms with Crippen LogP contribution in [0.5, 0.6) is 23.0 Å². The number of ether oxygens (including phenoxy) is 4. The Hall–Kier alpha value is -3.72. The van der Waals surface area contributed by atoms with Gasteiger partial charge in [-0.3, -0.25) is 0 Å². The Balaban J connectivity index is 1.40. The van der Waals surface area contributed by atoms with Crippen LogP contribution in [0.2, 0.25) is 0 Å². The van der Waals surface area contributed by atoms with Gasteiger partial charge < -0.3 is 18.9 Å². The number of allylic oxidation sites excluding steroid dienone is 1. The molecule has 0 aromatic heterocycles. The van der Waals surface area contributed by atoms with Gasteiger partial charge in [-0.2, -0.15) is 10.5 Å². The van der Waals surface area contributed by atoms with Gasteiger partial charge in [0.1, 0.15) is 40.7 Å². The normalized spacial score (nSPS) is 11.7. The average molecular weight is 531 g/mol. The summed E-state index contributed by atoms with van der Waals surface area (Å²) in [5.74, 6) is 3.13. The van der Waals surface area contributed by atoms with Gasteiger partial charge >= 0.3 is 0 Å². The van der Waals surface area contributed by atoms with E-state index < -0.39 is 0 Å². The molecule has 3 aromatic rings. The van der Waals surface area contributed by atoms with Crippen LogP contribution >= 0.6 is 23.5 Å². The molecule has 6 nitrogen and oxygen atoms in total. The van der Waals surface area contributed by atoms with Crippen molar-refractivity contribution in [2.75, 3.05) is 26.4 Å². The number of hydrogen-bond donors (Lipinski definition) is 0. The molecule has 1 heterocycles. The molecule has 3 aromatic carbocycles. The molecule has 1 aliphatic heterocycles. The minimum Gasteiger partial charge on any atom is -0.493 e. The summed E-state index contributed by atoms with van der Waals surface area (Å²) < 4.78 is 24.5. The Bertz CT molecular complexity index is 1300. The molecule has 0 atom stereocenters. The molecule has 1 aliphatic rings. The van der Waals surface area contributed by atoms with Crippen molar-refractivity contribution in [1.29, 1.82) is 10.5 Å². The van der Waals surface area contributed by atoms with Crippen LogP contribution in [0.15, 0.2) is 86.3 Å². The van der Waals surface area contributed by atoms with Gasteiger partial charge in [0.2, 0.25) is 0 Å². The van der Waals surface area contributed by atoms with E-state index in [1.54, 1.807) is 0 Å². The van der Waals surface area contributed by atoms with Crippen molar-refractivity contribution < 1.29 is 18.9 Å². The first-order valence-electron chi connectivity index (χ1n) is 11.9. The van der Waals surface area contributed by atoms with E-state index in [0.717, 1.165) is 38.4 Å². The molecule has 0 N–H and O–H groups in total. The highest BCUT2D eigenvalue weighted by atomic mass is 32.2. The molecular weight excluding hydrogens is 504 g/mol. The summed E-state index contributed by atoms with van der Waals surface area (Å²) in [5, 5.41) is 18.8. The summed E-state index contributed by atoms with van der Waals surface area (Å²) in [6.07, 6.45) is 1.43. The molecule has 0 bridgehead atoms. The third-order valence-electron chi connectivity index (χ3n) is 5.26. The SMILES string of the molecule is Cc1cc(OCCCOc2ccccc2)c2c(c1OCCCOc1ccccc1)SC(=C(C#N)C#N)S2. The van der Waals surface area contributed by atoms with Crippen molar-refractivity contribution in [3.8, 4) is 35.1 Å². The first kappa shape index (κ1) is 26.3. The predicted octanol–water partition coefficient (Wildman–Crippen LogP) is 7.15. The fraction of sp³-hybridized carbons (Fsp3) is 0.241. The van der Waals surface area contributed by atoms with Crippen molar-refractivity contribution in [3.05, 3.63) is 82.1 Å². The Morgan fingerprint density at radius 1 is 0.703 bits per heavy atom. The van der Waals surface area contributed by atoms with Crippen molar-refractivity contribution >= 4 is 23.5 Å². The van der Waals surface area contributed by atoms with Crippen molar-refractivity contribution in [3.63, 3.8) is 0 Å². The van der Waals surface area contributed by atoms with Crippen LogP contribution in [0, 0.1) is 29.6 Å². The number of thioether (sulfide) groups is 2. The largest absolute Gasteiger partial charge is 0.493 e. The predicted molar refractivity (Wildman–Crippen MR) is 145 cm³/mol. The molecule has 0 saturated heterocycles. The Morgan fingerprint density at radius 2 is 1.22 bits per heavy atom. The Labute approximate surface area is 225 Å². The van der Waals surface area contributed by atoms with E-state index in [1.807, 2.05) is 85.8 Å². The van der Waals surface area contributed by atoms with Gasteiger partial charge in [-0.05, 0) is 42.8 Å². The average Bonchev–Trinajstić information content (AvgIpc) is 3.37. The standard InChI is InChI=1S/C29H26N2O4S2/c1-21-18-25(34-16-8-14-32-23-10-4-2-5-11-23)27-28(37-29(36-27)22(19-30)20-31)26(21)35-17-9-15-33-24-12-6-3-7-13-24/h2-7,10-13,18H,8-9,14-17H2,1H3. The number of fused-ring (bicyclic) bond motifs is 1. The number of hydrogen-bond acceptors (Lipinski definition) is 8. The molecule has 8 heteroatoms. The summed E-state index contributed by atoms with van der Waals surface area (Å²) in [4.78, 5) is 1.75. The Morgan fingerprint density at radius 3 is 1.78 bits per heavy atom. The molecule has 0 unspecified atom stereocenters. The van der Waals surface area contributed by atoms with Crippen LogP contribution in [0.4, 0.5) is 0 Å². The maximum absolute atomic E-state index is 9.40. The molecule has 0 spiro atoms. The van der Waals surface area contributed by atoms with Gasteiger partial charge in [0.15, 0.2) is 0 Å². The second kappa shape index (κ2) is 13.5. The van der Waals surface area contributed by atoms with Crippen LogP contribution in [-0.2, 0) is 0 Å². The molecule has 0 aliphatic carbocycles. The second-order valence-corrected chi connectivity index (χ2v) is 10.3. The molecule has 0 amide bonds. The van der Waals surface area contributed by atoms with Gasteiger partial charge in [-0.1, -0.05) is 59.9 Å². The minimum absolute atomic E-state index is 0.0910. The van der Waals surface area contributed by atoms with E-state index in [9.17, 15) is 10.5 Å². The van der Waals surface area contributed by atoms with Crippen molar-refractivity contribution in [1.82, 2.24) is 0 Å². The second-order valence-electron chi connectivity index (χ2n) is 8.00. The van der Waals surface area contributed by atoms with E-state index in [1.165, 1.54) is 23.5 Å². The molecule has 188 valence electrons. The number of aryl methyl sites for hydroxylation is 1. The summed E-state index contributed by atoms with van der Waals surface area (Å²) in [6, 6.07) is 25.3. The summed E-state index contributed by atoms with van der Waals surface area (Å²) in [5.41, 5.74) is 1.02. The van der Waals surface area contributed by atoms with E-state index in [-0.39, 0.29) is 5.57 Å². The lowest BCUT2D eigenvalue weighted by atomic mass is 10.2. The van der Waals surface area contributed by atoms with Gasteiger partial charge in [0.25, 0.3) is 0 Å². The molecule has 0 fully saturated rings. The molecular formula is C29H26N2O4S2. The van der Waals surface area contributed by atoms with E-state index in [4.69, 9.17) is 18.9 Å². The fourth-order valence-electron chi connectivity index (χ4n) is 3.51. The van der Waals surface area contributed by atoms with Crippen LogP contribution in [0.3, 0.4) is 0 Å². The number of nitrogens with zero attached hydrogens (tertiary/aromatic N) is 2. The highest BCUT2D eigenvalue weighted by Gasteiger charge is 2.30. The summed E-state index contributed by atoms with van der Waals surface area (Å²) in [7, 11) is 0. The molecule has 0 saturated carbocycles. The van der Waals surface area contributed by atoms with Crippen molar-refractivity contribution in [2.45, 2.75) is 29.6 Å². The first-order chi connectivity index (χ1) is 18.2. The Kier molecular flexibility index (Phi) is 9.65. The van der Waals surface area contributed by atoms with Gasteiger partial charge in [-0.15, -0.1) is 0 Å². The zero-order chi connectivity index (χ0) is 25.9. The summed E-state index contributed by atoms with van der Waals surface area (Å²) in [6.45, 7) is 4.01. The monoisotopic (exact) mass is 530 g/mol. The lowest BCUT2D eigenvalue weighted by molar-refractivity contribution is 0.236. The third-order valence-corrected chi connectivity index (χ3v) is 7.88. The van der Waals surface area contributed by atoms with E-state index >= 15 is 0 Å². The first-order valence-corrected chi connectivity index (χ1v) is 13.5. The maximum atomic E-state index is 9.40. The highest BCUT2D eigenvalue weighted by molar-refractivity contribution is 8.24. The van der Waals surface area contributed by atoms with Gasteiger partial charge in [0, 0.05) is 12.8 Å².